The predicted molar refractivity (Wildman–Crippen MR) is 135 cm³/mol. The number of anilines is 1. The fourth-order valence-electron chi connectivity index (χ4n) is 3.83. The number of benzene rings is 3. The van der Waals surface area contributed by atoms with Crippen LogP contribution in [0, 0.1) is 5.82 Å². The van der Waals surface area contributed by atoms with Gasteiger partial charge < -0.3 is 9.15 Å². The standard InChI is InChI=1S/C27H21FN2O3S/c1-3-32-23-14-24-20(21(15-33-24)17-8-10-18(28)11-9-17)13-19(23)16(2)12-26(31)30-27-29-22-6-4-5-7-25(22)34-27/h4-15H,3H2,1-2H3,(H,29,30,31)/b16-12+. The van der Waals surface area contributed by atoms with E-state index in [0.29, 0.717) is 23.1 Å². The second-order valence-electron chi connectivity index (χ2n) is 7.74. The second kappa shape index (κ2) is 9.11. The Balaban J connectivity index is 1.50. The number of rotatable bonds is 6. The Morgan fingerprint density at radius 1 is 1.18 bits per heavy atom. The number of nitrogens with one attached hydrogen (secondary N) is 1. The first-order valence-corrected chi connectivity index (χ1v) is 11.6. The molecule has 34 heavy (non-hydrogen) atoms. The largest absolute Gasteiger partial charge is 0.493 e. The van der Waals surface area contributed by atoms with E-state index in [-0.39, 0.29) is 11.7 Å². The summed E-state index contributed by atoms with van der Waals surface area (Å²) >= 11 is 1.43. The highest BCUT2D eigenvalue weighted by molar-refractivity contribution is 7.22. The highest BCUT2D eigenvalue weighted by Crippen LogP contribution is 2.37. The first-order valence-electron chi connectivity index (χ1n) is 10.8. The van der Waals surface area contributed by atoms with Crippen LogP contribution in [0.3, 0.4) is 0 Å². The molecule has 5 rings (SSSR count). The molecule has 0 spiro atoms. The van der Waals surface area contributed by atoms with Crippen molar-refractivity contribution in [3.63, 3.8) is 0 Å². The molecule has 0 fully saturated rings. The molecular formula is C27H21FN2O3S. The van der Waals surface area contributed by atoms with E-state index in [2.05, 4.69) is 10.3 Å². The summed E-state index contributed by atoms with van der Waals surface area (Å²) in [6.45, 7) is 4.23. The van der Waals surface area contributed by atoms with E-state index in [1.54, 1.807) is 18.4 Å². The number of furan rings is 1. The summed E-state index contributed by atoms with van der Waals surface area (Å²) in [5, 5.41) is 4.25. The van der Waals surface area contributed by atoms with Crippen LogP contribution in [-0.4, -0.2) is 17.5 Å². The summed E-state index contributed by atoms with van der Waals surface area (Å²) in [5.74, 6) is 0.0513. The Bertz CT molecular complexity index is 1500. The van der Waals surface area contributed by atoms with Crippen molar-refractivity contribution >= 4 is 49.1 Å². The number of amides is 1. The number of carbonyl (C=O) groups excluding carboxylic acids is 1. The number of halogens is 1. The minimum atomic E-state index is -0.297. The Kier molecular flexibility index (Phi) is 5.86. The average Bonchev–Trinajstić information content (AvgIpc) is 3.42. The van der Waals surface area contributed by atoms with E-state index in [9.17, 15) is 9.18 Å². The fraction of sp³-hybridized carbons (Fsp3) is 0.111. The van der Waals surface area contributed by atoms with E-state index < -0.39 is 0 Å². The summed E-state index contributed by atoms with van der Waals surface area (Å²) in [7, 11) is 0. The second-order valence-corrected chi connectivity index (χ2v) is 8.77. The van der Waals surface area contributed by atoms with E-state index >= 15 is 0 Å². The monoisotopic (exact) mass is 472 g/mol. The number of thiazole rings is 1. The molecule has 0 aliphatic carbocycles. The fourth-order valence-corrected chi connectivity index (χ4v) is 4.70. The molecule has 3 aromatic carbocycles. The Morgan fingerprint density at radius 3 is 2.74 bits per heavy atom. The van der Waals surface area contributed by atoms with Crippen LogP contribution < -0.4 is 10.1 Å². The first-order chi connectivity index (χ1) is 16.5. The number of fused-ring (bicyclic) bond motifs is 2. The van der Waals surface area contributed by atoms with Crippen molar-refractivity contribution in [2.24, 2.45) is 0 Å². The van der Waals surface area contributed by atoms with Crippen molar-refractivity contribution in [3.8, 4) is 16.9 Å². The van der Waals surface area contributed by atoms with Gasteiger partial charge in [-0.3, -0.25) is 10.1 Å². The van der Waals surface area contributed by atoms with Crippen LogP contribution in [0.1, 0.15) is 19.4 Å². The van der Waals surface area contributed by atoms with Gasteiger partial charge in [-0.1, -0.05) is 35.6 Å². The maximum Gasteiger partial charge on any atom is 0.250 e. The Hall–Kier alpha value is -3.97. The molecule has 0 saturated heterocycles. The van der Waals surface area contributed by atoms with Crippen molar-refractivity contribution in [1.29, 1.82) is 0 Å². The van der Waals surface area contributed by atoms with Gasteiger partial charge in [0.15, 0.2) is 5.13 Å². The van der Waals surface area contributed by atoms with Crippen molar-refractivity contribution in [2.75, 3.05) is 11.9 Å². The van der Waals surface area contributed by atoms with Crippen molar-refractivity contribution in [3.05, 3.63) is 84.4 Å². The molecule has 0 aliphatic rings. The number of allylic oxidation sites excluding steroid dienone is 1. The number of hydrogen-bond acceptors (Lipinski definition) is 5. The zero-order valence-corrected chi connectivity index (χ0v) is 19.4. The van der Waals surface area contributed by atoms with Crippen LogP contribution in [0.4, 0.5) is 9.52 Å². The molecule has 0 saturated carbocycles. The molecule has 1 N–H and O–H groups in total. The summed E-state index contributed by atoms with van der Waals surface area (Å²) in [6, 6.07) is 17.8. The van der Waals surface area contributed by atoms with Gasteiger partial charge >= 0.3 is 0 Å². The van der Waals surface area contributed by atoms with Gasteiger partial charge in [0.2, 0.25) is 5.91 Å². The molecule has 7 heteroatoms. The lowest BCUT2D eigenvalue weighted by Crippen LogP contribution is -2.08. The van der Waals surface area contributed by atoms with Gasteiger partial charge in [-0.15, -0.1) is 0 Å². The predicted octanol–water partition coefficient (Wildman–Crippen LogP) is 7.29. The topological polar surface area (TPSA) is 64.4 Å². The summed E-state index contributed by atoms with van der Waals surface area (Å²) in [6.07, 6.45) is 3.18. The normalized spacial score (nSPS) is 11.8. The first kappa shape index (κ1) is 21.9. The molecular weight excluding hydrogens is 451 g/mol. The van der Waals surface area contributed by atoms with Gasteiger partial charge in [-0.05, 0) is 55.3 Å². The minimum absolute atomic E-state index is 0.273. The molecule has 2 heterocycles. The van der Waals surface area contributed by atoms with Crippen LogP contribution in [0.15, 0.2) is 77.4 Å². The zero-order chi connectivity index (χ0) is 23.7. The van der Waals surface area contributed by atoms with Crippen LogP contribution in [-0.2, 0) is 4.79 Å². The quantitative estimate of drug-likeness (QED) is 0.264. The molecule has 0 bridgehead atoms. The van der Waals surface area contributed by atoms with E-state index in [1.165, 1.54) is 29.5 Å². The maximum absolute atomic E-state index is 13.4. The third-order valence-electron chi connectivity index (χ3n) is 5.43. The lowest BCUT2D eigenvalue weighted by molar-refractivity contribution is -0.111. The van der Waals surface area contributed by atoms with Gasteiger partial charge in [0.05, 0.1) is 23.1 Å². The van der Waals surface area contributed by atoms with Gasteiger partial charge in [-0.2, -0.15) is 0 Å². The molecule has 2 aromatic heterocycles. The molecule has 5 nitrogen and oxygen atoms in total. The smallest absolute Gasteiger partial charge is 0.250 e. The van der Waals surface area contributed by atoms with Crippen LogP contribution in [0.25, 0.3) is 37.9 Å². The number of hydrogen-bond donors (Lipinski definition) is 1. The van der Waals surface area contributed by atoms with Gasteiger partial charge in [0.1, 0.15) is 17.1 Å². The van der Waals surface area contributed by atoms with Crippen LogP contribution in [0.2, 0.25) is 0 Å². The summed E-state index contributed by atoms with van der Waals surface area (Å²) in [5.41, 5.74) is 4.68. The van der Waals surface area contributed by atoms with Gasteiger partial charge in [-0.25, -0.2) is 9.37 Å². The number of nitrogens with zero attached hydrogens (tertiary/aromatic N) is 1. The lowest BCUT2D eigenvalue weighted by Gasteiger charge is -2.11. The Morgan fingerprint density at radius 2 is 1.97 bits per heavy atom. The van der Waals surface area contributed by atoms with Gasteiger partial charge in [0, 0.05) is 28.7 Å². The minimum Gasteiger partial charge on any atom is -0.493 e. The number of aromatic nitrogens is 1. The van der Waals surface area contributed by atoms with Crippen molar-refractivity contribution in [2.45, 2.75) is 13.8 Å². The van der Waals surface area contributed by atoms with Crippen molar-refractivity contribution < 1.29 is 18.3 Å². The highest BCUT2D eigenvalue weighted by Gasteiger charge is 2.16. The molecule has 170 valence electrons. The summed E-state index contributed by atoms with van der Waals surface area (Å²) < 4.78 is 26.0. The van der Waals surface area contributed by atoms with E-state index in [1.807, 2.05) is 50.2 Å². The average molecular weight is 473 g/mol. The van der Waals surface area contributed by atoms with Crippen LogP contribution in [0.5, 0.6) is 5.75 Å². The molecule has 0 unspecified atom stereocenters. The maximum atomic E-state index is 13.4. The molecule has 1 amide bonds. The number of carbonyl (C=O) groups is 1. The van der Waals surface area contributed by atoms with E-state index in [0.717, 1.165) is 37.9 Å². The third kappa shape index (κ3) is 4.30. The molecule has 5 aromatic rings. The highest BCUT2D eigenvalue weighted by atomic mass is 32.1. The molecule has 0 radical (unpaired) electrons. The third-order valence-corrected chi connectivity index (χ3v) is 6.38. The molecule has 0 aliphatic heterocycles. The number of para-hydroxylation sites is 1. The SMILES string of the molecule is CCOc1cc2occ(-c3ccc(F)cc3)c2cc1/C(C)=C/C(=O)Nc1nc2ccccc2s1. The number of ether oxygens (including phenoxy) is 1. The molecule has 0 atom stereocenters. The summed E-state index contributed by atoms with van der Waals surface area (Å²) in [4.78, 5) is 17.2. The lowest BCUT2D eigenvalue weighted by atomic mass is 9.99. The van der Waals surface area contributed by atoms with Gasteiger partial charge in [0.25, 0.3) is 0 Å². The van der Waals surface area contributed by atoms with Crippen molar-refractivity contribution in [1.82, 2.24) is 4.98 Å². The van der Waals surface area contributed by atoms with E-state index in [4.69, 9.17) is 9.15 Å². The zero-order valence-electron chi connectivity index (χ0n) is 18.6. The van der Waals surface area contributed by atoms with Crippen LogP contribution >= 0.6 is 11.3 Å². The Labute approximate surface area is 199 Å².